The van der Waals surface area contributed by atoms with Crippen LogP contribution in [-0.2, 0) is 0 Å². The summed E-state index contributed by atoms with van der Waals surface area (Å²) in [4.78, 5) is 4.28. The number of phenols is 1. The number of nitrogens with zero attached hydrogens (tertiary/aromatic N) is 1. The SMILES string of the molecule is Nc1cccc(C=Cc2ccc(O)c(-c3ccccn3)c2)c1. The third-order valence-electron chi connectivity index (χ3n) is 3.34. The molecule has 1 heterocycles. The number of rotatable bonds is 3. The molecule has 0 radical (unpaired) electrons. The maximum atomic E-state index is 10.0. The molecule has 3 nitrogen and oxygen atoms in total. The fourth-order valence-electron chi connectivity index (χ4n) is 2.24. The van der Waals surface area contributed by atoms with Crippen LogP contribution in [0.4, 0.5) is 5.69 Å². The highest BCUT2D eigenvalue weighted by atomic mass is 16.3. The number of pyridine rings is 1. The summed E-state index contributed by atoms with van der Waals surface area (Å²) in [5, 5.41) is 10.0. The lowest BCUT2D eigenvalue weighted by Gasteiger charge is -2.05. The molecular weight excluding hydrogens is 272 g/mol. The Labute approximate surface area is 129 Å². The van der Waals surface area contributed by atoms with E-state index in [1.54, 1.807) is 12.3 Å². The molecule has 3 aromatic rings. The van der Waals surface area contributed by atoms with Gasteiger partial charge in [0, 0.05) is 17.4 Å². The predicted molar refractivity (Wildman–Crippen MR) is 91.1 cm³/mol. The molecule has 108 valence electrons. The van der Waals surface area contributed by atoms with Gasteiger partial charge in [-0.3, -0.25) is 4.98 Å². The summed E-state index contributed by atoms with van der Waals surface area (Å²) in [5.41, 5.74) is 10.00. The fraction of sp³-hybridized carbons (Fsp3) is 0. The van der Waals surface area contributed by atoms with Crippen LogP contribution in [0.15, 0.2) is 66.9 Å². The molecule has 0 bridgehead atoms. The number of nitrogens with two attached hydrogens (primary N) is 1. The van der Waals surface area contributed by atoms with Gasteiger partial charge in [-0.05, 0) is 47.5 Å². The van der Waals surface area contributed by atoms with E-state index in [1.807, 2.05) is 66.7 Å². The molecule has 3 rings (SSSR count). The van der Waals surface area contributed by atoms with Gasteiger partial charge in [0.1, 0.15) is 5.75 Å². The number of aromatic nitrogens is 1. The summed E-state index contributed by atoms with van der Waals surface area (Å²) in [6, 6.07) is 18.8. The fourth-order valence-corrected chi connectivity index (χ4v) is 2.24. The van der Waals surface area contributed by atoms with Crippen LogP contribution in [0.3, 0.4) is 0 Å². The minimum atomic E-state index is 0.222. The average Bonchev–Trinajstić information content (AvgIpc) is 2.55. The molecule has 0 fully saturated rings. The first-order valence-electron chi connectivity index (χ1n) is 7.00. The molecule has 1 aromatic heterocycles. The Morgan fingerprint density at radius 2 is 1.68 bits per heavy atom. The van der Waals surface area contributed by atoms with Crippen molar-refractivity contribution in [3.63, 3.8) is 0 Å². The molecule has 0 saturated carbocycles. The molecule has 0 aliphatic rings. The second-order valence-electron chi connectivity index (χ2n) is 5.00. The van der Waals surface area contributed by atoms with Gasteiger partial charge in [0.15, 0.2) is 0 Å². The number of aromatic hydroxyl groups is 1. The molecule has 0 amide bonds. The standard InChI is InChI=1S/C19H16N2O/c20-16-5-3-4-14(12-16)7-8-15-9-10-19(22)17(13-15)18-6-1-2-11-21-18/h1-13,22H,20H2. The van der Waals surface area contributed by atoms with E-state index in [0.717, 1.165) is 28.1 Å². The molecule has 0 unspecified atom stereocenters. The first kappa shape index (κ1) is 13.9. The monoisotopic (exact) mass is 288 g/mol. The average molecular weight is 288 g/mol. The van der Waals surface area contributed by atoms with Gasteiger partial charge < -0.3 is 10.8 Å². The van der Waals surface area contributed by atoms with Crippen LogP contribution in [0.2, 0.25) is 0 Å². The lowest BCUT2D eigenvalue weighted by atomic mass is 10.0. The summed E-state index contributed by atoms with van der Waals surface area (Å²) < 4.78 is 0. The Hall–Kier alpha value is -3.07. The van der Waals surface area contributed by atoms with Crippen molar-refractivity contribution in [2.75, 3.05) is 5.73 Å². The molecule has 3 N–H and O–H groups in total. The van der Waals surface area contributed by atoms with E-state index < -0.39 is 0 Å². The lowest BCUT2D eigenvalue weighted by Crippen LogP contribution is -1.85. The number of hydrogen-bond acceptors (Lipinski definition) is 3. The highest BCUT2D eigenvalue weighted by Gasteiger charge is 2.05. The van der Waals surface area contributed by atoms with Crippen molar-refractivity contribution in [3.8, 4) is 17.0 Å². The van der Waals surface area contributed by atoms with E-state index in [0.29, 0.717) is 0 Å². The second-order valence-corrected chi connectivity index (χ2v) is 5.00. The summed E-state index contributed by atoms with van der Waals surface area (Å²) >= 11 is 0. The lowest BCUT2D eigenvalue weighted by molar-refractivity contribution is 0.477. The largest absolute Gasteiger partial charge is 0.507 e. The zero-order valence-corrected chi connectivity index (χ0v) is 12.0. The second kappa shape index (κ2) is 6.14. The van der Waals surface area contributed by atoms with Gasteiger partial charge in [0.2, 0.25) is 0 Å². The van der Waals surface area contributed by atoms with Crippen molar-refractivity contribution in [1.29, 1.82) is 0 Å². The van der Waals surface area contributed by atoms with Crippen molar-refractivity contribution in [1.82, 2.24) is 4.98 Å². The minimum Gasteiger partial charge on any atom is -0.507 e. The number of benzene rings is 2. The van der Waals surface area contributed by atoms with Gasteiger partial charge in [-0.25, -0.2) is 0 Å². The van der Waals surface area contributed by atoms with Gasteiger partial charge >= 0.3 is 0 Å². The molecular formula is C19H16N2O. The molecule has 0 aliphatic heterocycles. The normalized spacial score (nSPS) is 10.9. The van der Waals surface area contributed by atoms with Crippen LogP contribution in [0.1, 0.15) is 11.1 Å². The quantitative estimate of drug-likeness (QED) is 0.560. The summed E-state index contributed by atoms with van der Waals surface area (Å²) in [5.74, 6) is 0.222. The molecule has 0 atom stereocenters. The topological polar surface area (TPSA) is 59.1 Å². The Morgan fingerprint density at radius 3 is 2.41 bits per heavy atom. The smallest absolute Gasteiger partial charge is 0.125 e. The van der Waals surface area contributed by atoms with Crippen molar-refractivity contribution >= 4 is 17.8 Å². The maximum Gasteiger partial charge on any atom is 0.125 e. The van der Waals surface area contributed by atoms with Crippen molar-refractivity contribution in [2.45, 2.75) is 0 Å². The van der Waals surface area contributed by atoms with Crippen LogP contribution < -0.4 is 5.73 Å². The van der Waals surface area contributed by atoms with E-state index in [-0.39, 0.29) is 5.75 Å². The third kappa shape index (κ3) is 3.15. The van der Waals surface area contributed by atoms with Crippen LogP contribution >= 0.6 is 0 Å². The predicted octanol–water partition coefficient (Wildman–Crippen LogP) is 4.21. The van der Waals surface area contributed by atoms with Gasteiger partial charge in [0.25, 0.3) is 0 Å². The third-order valence-corrected chi connectivity index (χ3v) is 3.34. The van der Waals surface area contributed by atoms with E-state index in [1.165, 1.54) is 0 Å². The van der Waals surface area contributed by atoms with Crippen LogP contribution in [-0.4, -0.2) is 10.1 Å². The summed E-state index contributed by atoms with van der Waals surface area (Å²) in [6.07, 6.45) is 5.69. The van der Waals surface area contributed by atoms with Gasteiger partial charge in [-0.15, -0.1) is 0 Å². The summed E-state index contributed by atoms with van der Waals surface area (Å²) in [6.45, 7) is 0. The number of nitrogen functional groups attached to an aromatic ring is 1. The first-order chi connectivity index (χ1) is 10.7. The molecule has 0 saturated heterocycles. The Balaban J connectivity index is 1.93. The van der Waals surface area contributed by atoms with Crippen LogP contribution in [0.5, 0.6) is 5.75 Å². The van der Waals surface area contributed by atoms with E-state index >= 15 is 0 Å². The van der Waals surface area contributed by atoms with E-state index in [4.69, 9.17) is 5.73 Å². The van der Waals surface area contributed by atoms with Crippen LogP contribution in [0, 0.1) is 0 Å². The number of phenolic OH excluding ortho intramolecular Hbond substituents is 1. The molecule has 0 spiro atoms. The number of anilines is 1. The Morgan fingerprint density at radius 1 is 0.864 bits per heavy atom. The van der Waals surface area contributed by atoms with E-state index in [2.05, 4.69) is 4.98 Å². The Kier molecular flexibility index (Phi) is 3.88. The summed E-state index contributed by atoms with van der Waals surface area (Å²) in [7, 11) is 0. The molecule has 0 aliphatic carbocycles. The van der Waals surface area contributed by atoms with Gasteiger partial charge in [-0.1, -0.05) is 36.4 Å². The van der Waals surface area contributed by atoms with Crippen molar-refractivity contribution in [3.05, 3.63) is 78.0 Å². The Bertz CT molecular complexity index is 811. The van der Waals surface area contributed by atoms with Gasteiger partial charge in [0.05, 0.1) is 5.69 Å². The van der Waals surface area contributed by atoms with Crippen molar-refractivity contribution in [2.24, 2.45) is 0 Å². The highest BCUT2D eigenvalue weighted by Crippen LogP contribution is 2.29. The molecule has 2 aromatic carbocycles. The molecule has 22 heavy (non-hydrogen) atoms. The number of hydrogen-bond donors (Lipinski definition) is 2. The van der Waals surface area contributed by atoms with Crippen LogP contribution in [0.25, 0.3) is 23.4 Å². The maximum absolute atomic E-state index is 10.0. The minimum absolute atomic E-state index is 0.222. The highest BCUT2D eigenvalue weighted by molar-refractivity contribution is 5.76. The zero-order valence-electron chi connectivity index (χ0n) is 12.0. The van der Waals surface area contributed by atoms with Gasteiger partial charge in [-0.2, -0.15) is 0 Å². The zero-order chi connectivity index (χ0) is 15.4. The van der Waals surface area contributed by atoms with E-state index in [9.17, 15) is 5.11 Å². The van der Waals surface area contributed by atoms with Crippen molar-refractivity contribution < 1.29 is 5.11 Å². The molecule has 3 heteroatoms. The first-order valence-corrected chi connectivity index (χ1v) is 7.00.